The van der Waals surface area contributed by atoms with Crippen molar-refractivity contribution in [2.75, 3.05) is 28.4 Å². The molecular weight excluding hydrogens is 360 g/mol. The Morgan fingerprint density at radius 3 is 2.29 bits per heavy atom. The highest BCUT2D eigenvalue weighted by Crippen LogP contribution is 2.61. The zero-order chi connectivity index (χ0) is 20.1. The summed E-state index contributed by atoms with van der Waals surface area (Å²) in [6.07, 6.45) is 5.36. The predicted molar refractivity (Wildman–Crippen MR) is 103 cm³/mol. The van der Waals surface area contributed by atoms with Crippen LogP contribution in [0.3, 0.4) is 0 Å². The first-order valence-corrected chi connectivity index (χ1v) is 9.47. The molecule has 0 unspecified atom stereocenters. The first kappa shape index (κ1) is 18.7. The molecule has 28 heavy (non-hydrogen) atoms. The summed E-state index contributed by atoms with van der Waals surface area (Å²) in [5.41, 5.74) is 0.785. The van der Waals surface area contributed by atoms with Gasteiger partial charge in [-0.3, -0.25) is 4.79 Å². The van der Waals surface area contributed by atoms with Gasteiger partial charge >= 0.3 is 0 Å². The third kappa shape index (κ3) is 2.58. The van der Waals surface area contributed by atoms with Gasteiger partial charge in [0.15, 0.2) is 17.3 Å². The van der Waals surface area contributed by atoms with Gasteiger partial charge < -0.3 is 23.7 Å². The first-order chi connectivity index (χ1) is 13.5. The maximum absolute atomic E-state index is 12.3. The number of allylic oxidation sites excluding steroid dienone is 2. The number of ketones is 1. The Kier molecular flexibility index (Phi) is 4.52. The molecule has 1 spiro atoms. The third-order valence-corrected chi connectivity index (χ3v) is 6.48. The fraction of sp³-hybridized carbons (Fsp3) is 0.500. The third-order valence-electron chi connectivity index (χ3n) is 6.48. The molecule has 1 saturated carbocycles. The Morgan fingerprint density at radius 2 is 1.71 bits per heavy atom. The molecule has 0 N–H and O–H groups in total. The van der Waals surface area contributed by atoms with E-state index < -0.39 is 0 Å². The molecule has 0 aromatic heterocycles. The van der Waals surface area contributed by atoms with E-state index in [4.69, 9.17) is 23.7 Å². The number of rotatable bonds is 5. The molecule has 0 amide bonds. The second kappa shape index (κ2) is 6.76. The number of hydrogen-bond donors (Lipinski definition) is 0. The molecule has 1 aromatic carbocycles. The molecule has 2 aliphatic carbocycles. The van der Waals surface area contributed by atoms with Gasteiger partial charge in [-0.15, -0.1) is 0 Å². The van der Waals surface area contributed by atoms with Gasteiger partial charge in [0.25, 0.3) is 0 Å². The fourth-order valence-corrected chi connectivity index (χ4v) is 5.02. The van der Waals surface area contributed by atoms with Gasteiger partial charge in [-0.25, -0.2) is 0 Å². The van der Waals surface area contributed by atoms with Crippen molar-refractivity contribution >= 4 is 5.78 Å². The maximum Gasteiger partial charge on any atom is 0.223 e. The van der Waals surface area contributed by atoms with E-state index in [9.17, 15) is 4.79 Å². The lowest BCUT2D eigenvalue weighted by molar-refractivity contribution is -0.114. The van der Waals surface area contributed by atoms with E-state index in [1.54, 1.807) is 27.4 Å². The van der Waals surface area contributed by atoms with Gasteiger partial charge in [0, 0.05) is 12.5 Å². The molecule has 150 valence electrons. The largest absolute Gasteiger partial charge is 0.494 e. The molecule has 1 heterocycles. The normalized spacial score (nSPS) is 30.6. The van der Waals surface area contributed by atoms with Crippen LogP contribution in [0.2, 0.25) is 0 Å². The van der Waals surface area contributed by atoms with E-state index in [0.29, 0.717) is 23.0 Å². The lowest BCUT2D eigenvalue weighted by atomic mass is 9.59. The Morgan fingerprint density at radius 1 is 1.04 bits per heavy atom. The quantitative estimate of drug-likeness (QED) is 0.770. The van der Waals surface area contributed by atoms with E-state index in [-0.39, 0.29) is 29.1 Å². The summed E-state index contributed by atoms with van der Waals surface area (Å²) in [7, 11) is 6.39. The maximum atomic E-state index is 12.3. The Balaban J connectivity index is 1.79. The van der Waals surface area contributed by atoms with Gasteiger partial charge in [0.1, 0.15) is 11.9 Å². The van der Waals surface area contributed by atoms with Crippen LogP contribution in [-0.4, -0.2) is 40.3 Å². The van der Waals surface area contributed by atoms with Crippen molar-refractivity contribution in [3.05, 3.63) is 41.4 Å². The Bertz CT molecular complexity index is 845. The highest BCUT2D eigenvalue weighted by molar-refractivity contribution is 6.04. The summed E-state index contributed by atoms with van der Waals surface area (Å²) in [5, 5.41) is 0. The molecule has 3 aliphatic rings. The molecule has 2 bridgehead atoms. The SMILES string of the molecule is COC1=C[C@@]23C[C@@H](C[C@@H](c4cc(OC)c(OC)c(OC)c4)[C@@H]2C)OC3=CC1=O. The minimum Gasteiger partial charge on any atom is -0.494 e. The highest BCUT2D eigenvalue weighted by atomic mass is 16.5. The molecule has 2 fully saturated rings. The van der Waals surface area contributed by atoms with Crippen LogP contribution in [0.4, 0.5) is 0 Å². The van der Waals surface area contributed by atoms with Crippen LogP contribution in [0.25, 0.3) is 0 Å². The van der Waals surface area contributed by atoms with E-state index in [2.05, 4.69) is 6.92 Å². The summed E-state index contributed by atoms with van der Waals surface area (Å²) in [5.74, 6) is 3.31. The topological polar surface area (TPSA) is 63.2 Å². The number of methoxy groups -OCH3 is 4. The predicted octanol–water partition coefficient (Wildman–Crippen LogP) is 3.61. The molecule has 1 aromatic rings. The summed E-state index contributed by atoms with van der Waals surface area (Å²) in [6, 6.07) is 4.03. The van der Waals surface area contributed by atoms with Crippen LogP contribution in [-0.2, 0) is 14.3 Å². The first-order valence-electron chi connectivity index (χ1n) is 9.47. The van der Waals surface area contributed by atoms with E-state index in [1.807, 2.05) is 18.2 Å². The number of benzene rings is 1. The standard InChI is InChI=1S/C22H26O6/c1-12-15(13-6-17(24-2)21(27-5)18(7-13)25-3)8-14-10-22(12)11-19(26-4)16(23)9-20(22)28-14/h6-7,9,11-12,14-15H,8,10H2,1-5H3/t12-,14+,15+,22-/m0/s1. The molecular formula is C22H26O6. The summed E-state index contributed by atoms with van der Waals surface area (Å²) >= 11 is 0. The van der Waals surface area contributed by atoms with Gasteiger partial charge in [0.2, 0.25) is 11.5 Å². The second-order valence-corrected chi connectivity index (χ2v) is 7.66. The van der Waals surface area contributed by atoms with Crippen molar-refractivity contribution in [3.8, 4) is 17.2 Å². The van der Waals surface area contributed by atoms with E-state index in [0.717, 1.165) is 24.2 Å². The molecule has 6 nitrogen and oxygen atoms in total. The number of carbonyl (C=O) groups excluding carboxylic acids is 1. The van der Waals surface area contributed by atoms with Crippen molar-refractivity contribution in [2.45, 2.75) is 31.8 Å². The number of fused-ring (bicyclic) bond motifs is 1. The summed E-state index contributed by atoms with van der Waals surface area (Å²) < 4.78 is 28.1. The Labute approximate surface area is 165 Å². The van der Waals surface area contributed by atoms with Gasteiger partial charge in [0.05, 0.1) is 33.9 Å². The van der Waals surface area contributed by atoms with Crippen molar-refractivity contribution < 1.29 is 28.5 Å². The van der Waals surface area contributed by atoms with Crippen LogP contribution in [0.5, 0.6) is 17.2 Å². The van der Waals surface area contributed by atoms with Crippen molar-refractivity contribution in [1.82, 2.24) is 0 Å². The van der Waals surface area contributed by atoms with Gasteiger partial charge in [-0.05, 0) is 42.0 Å². The average molecular weight is 386 g/mol. The zero-order valence-electron chi connectivity index (χ0n) is 16.9. The highest BCUT2D eigenvalue weighted by Gasteiger charge is 2.57. The average Bonchev–Trinajstić information content (AvgIpc) is 3.02. The smallest absolute Gasteiger partial charge is 0.223 e. The van der Waals surface area contributed by atoms with Crippen LogP contribution in [0.1, 0.15) is 31.2 Å². The number of carbonyl (C=O) groups is 1. The molecule has 1 aliphatic heterocycles. The monoisotopic (exact) mass is 386 g/mol. The second-order valence-electron chi connectivity index (χ2n) is 7.66. The van der Waals surface area contributed by atoms with Crippen molar-refractivity contribution in [3.63, 3.8) is 0 Å². The molecule has 6 heteroatoms. The fourth-order valence-electron chi connectivity index (χ4n) is 5.02. The number of hydrogen-bond acceptors (Lipinski definition) is 6. The lowest BCUT2D eigenvalue weighted by Crippen LogP contribution is -2.37. The number of ether oxygens (including phenoxy) is 5. The van der Waals surface area contributed by atoms with Crippen LogP contribution < -0.4 is 14.2 Å². The lowest BCUT2D eigenvalue weighted by Gasteiger charge is -2.41. The molecule has 4 atom stereocenters. The molecule has 1 saturated heterocycles. The minimum absolute atomic E-state index is 0.0618. The van der Waals surface area contributed by atoms with E-state index in [1.165, 1.54) is 7.11 Å². The zero-order valence-corrected chi connectivity index (χ0v) is 16.9. The molecule has 4 rings (SSSR count). The van der Waals surface area contributed by atoms with Crippen molar-refractivity contribution in [2.24, 2.45) is 11.3 Å². The van der Waals surface area contributed by atoms with Crippen molar-refractivity contribution in [1.29, 1.82) is 0 Å². The van der Waals surface area contributed by atoms with Crippen LogP contribution in [0.15, 0.2) is 35.8 Å². The van der Waals surface area contributed by atoms with Gasteiger partial charge in [-0.2, -0.15) is 0 Å². The summed E-state index contributed by atoms with van der Waals surface area (Å²) in [4.78, 5) is 12.3. The molecule has 0 radical (unpaired) electrons. The van der Waals surface area contributed by atoms with E-state index >= 15 is 0 Å². The van der Waals surface area contributed by atoms with Crippen LogP contribution in [0, 0.1) is 11.3 Å². The minimum atomic E-state index is -0.326. The Hall–Kier alpha value is -2.63. The van der Waals surface area contributed by atoms with Crippen LogP contribution >= 0.6 is 0 Å². The summed E-state index contributed by atoms with van der Waals surface area (Å²) in [6.45, 7) is 2.21. The van der Waals surface area contributed by atoms with Gasteiger partial charge in [-0.1, -0.05) is 6.92 Å².